The molecule has 8 heteroatoms. The number of nitrogens with one attached hydrogen (secondary N) is 2. The molecule has 0 unspecified atom stereocenters. The molecule has 0 aromatic heterocycles. The molecule has 152 valence electrons. The van der Waals surface area contributed by atoms with Crippen molar-refractivity contribution in [3.05, 3.63) is 41.1 Å². The molecule has 0 saturated carbocycles. The molecule has 1 aromatic carbocycles. The van der Waals surface area contributed by atoms with E-state index in [1.54, 1.807) is 36.1 Å². The summed E-state index contributed by atoms with van der Waals surface area (Å²) in [6.07, 6.45) is 0.749. The van der Waals surface area contributed by atoms with Crippen LogP contribution in [0.5, 0.6) is 0 Å². The van der Waals surface area contributed by atoms with Crippen LogP contribution in [-0.2, 0) is 19.1 Å². The minimum Gasteiger partial charge on any atom is -0.460 e. The van der Waals surface area contributed by atoms with Gasteiger partial charge in [0.2, 0.25) is 5.91 Å². The Morgan fingerprint density at radius 1 is 1.29 bits per heavy atom. The number of hydrogen-bond donors (Lipinski definition) is 2. The van der Waals surface area contributed by atoms with Crippen molar-refractivity contribution in [3.8, 4) is 0 Å². The number of allylic oxidation sites excluding steroid dienone is 1. The summed E-state index contributed by atoms with van der Waals surface area (Å²) in [7, 11) is 1.53. The second-order valence-corrected chi connectivity index (χ2v) is 6.47. The van der Waals surface area contributed by atoms with E-state index in [0.29, 0.717) is 29.1 Å². The van der Waals surface area contributed by atoms with E-state index in [1.165, 1.54) is 14.0 Å². The van der Waals surface area contributed by atoms with Crippen LogP contribution in [0.4, 0.5) is 10.5 Å². The van der Waals surface area contributed by atoms with Crippen molar-refractivity contribution in [2.24, 2.45) is 0 Å². The number of urea groups is 1. The average Bonchev–Trinajstić information content (AvgIpc) is 2.64. The van der Waals surface area contributed by atoms with Crippen LogP contribution in [0.1, 0.15) is 38.8 Å². The number of hydrogen-bond acceptors (Lipinski definition) is 5. The van der Waals surface area contributed by atoms with Gasteiger partial charge in [-0.25, -0.2) is 9.59 Å². The van der Waals surface area contributed by atoms with Gasteiger partial charge in [-0.1, -0.05) is 19.1 Å². The van der Waals surface area contributed by atoms with E-state index in [9.17, 15) is 14.4 Å². The number of rotatable bonds is 8. The number of amides is 3. The highest BCUT2D eigenvalue weighted by molar-refractivity contribution is 5.95. The van der Waals surface area contributed by atoms with Crippen LogP contribution in [0.25, 0.3) is 0 Å². The van der Waals surface area contributed by atoms with E-state index in [1.807, 2.05) is 6.92 Å². The quantitative estimate of drug-likeness (QED) is 0.526. The van der Waals surface area contributed by atoms with Crippen LogP contribution in [0, 0.1) is 0 Å². The Morgan fingerprint density at radius 3 is 2.68 bits per heavy atom. The topological polar surface area (TPSA) is 97.0 Å². The summed E-state index contributed by atoms with van der Waals surface area (Å²) >= 11 is 0. The summed E-state index contributed by atoms with van der Waals surface area (Å²) in [5.41, 5.74) is 2.18. The summed E-state index contributed by atoms with van der Waals surface area (Å²) in [4.78, 5) is 38.3. The fourth-order valence-electron chi connectivity index (χ4n) is 3.08. The number of ether oxygens (including phenoxy) is 2. The molecule has 0 spiro atoms. The van der Waals surface area contributed by atoms with Crippen LogP contribution in [0.3, 0.4) is 0 Å². The monoisotopic (exact) mass is 389 g/mol. The molecule has 0 saturated heterocycles. The van der Waals surface area contributed by atoms with Crippen LogP contribution in [0.2, 0.25) is 0 Å². The first kappa shape index (κ1) is 21.4. The zero-order valence-corrected chi connectivity index (χ0v) is 16.7. The zero-order chi connectivity index (χ0) is 20.7. The van der Waals surface area contributed by atoms with Gasteiger partial charge in [0.15, 0.2) is 0 Å². The smallest absolute Gasteiger partial charge is 0.338 e. The number of carbonyl (C=O) groups excluding carboxylic acids is 3. The molecule has 3 amide bonds. The van der Waals surface area contributed by atoms with Crippen LogP contribution < -0.4 is 10.6 Å². The van der Waals surface area contributed by atoms with Crippen molar-refractivity contribution in [1.29, 1.82) is 0 Å². The Kier molecular flexibility index (Phi) is 7.57. The van der Waals surface area contributed by atoms with Crippen molar-refractivity contribution in [3.63, 3.8) is 0 Å². The molecular formula is C20H27N3O5. The predicted molar refractivity (Wildman–Crippen MR) is 105 cm³/mol. The third kappa shape index (κ3) is 5.10. The molecule has 2 N–H and O–H groups in total. The van der Waals surface area contributed by atoms with E-state index in [0.717, 1.165) is 6.42 Å². The maximum absolute atomic E-state index is 12.8. The van der Waals surface area contributed by atoms with Gasteiger partial charge in [0, 0.05) is 32.0 Å². The molecule has 1 atom stereocenters. The molecule has 1 aliphatic rings. The fraction of sp³-hybridized carbons (Fsp3) is 0.450. The predicted octanol–water partition coefficient (Wildman–Crippen LogP) is 2.58. The minimum absolute atomic E-state index is 0.118. The Hall–Kier alpha value is -2.87. The number of carbonyl (C=O) groups is 3. The van der Waals surface area contributed by atoms with Gasteiger partial charge in [-0.3, -0.25) is 9.69 Å². The summed E-state index contributed by atoms with van der Waals surface area (Å²) in [6.45, 7) is 6.01. The van der Waals surface area contributed by atoms with Crippen molar-refractivity contribution >= 4 is 23.6 Å². The molecule has 1 aliphatic heterocycles. The summed E-state index contributed by atoms with van der Waals surface area (Å²) in [5, 5.41) is 5.60. The zero-order valence-electron chi connectivity index (χ0n) is 16.7. The van der Waals surface area contributed by atoms with Gasteiger partial charge in [0.1, 0.15) is 6.61 Å². The molecule has 8 nitrogen and oxygen atoms in total. The first-order chi connectivity index (χ1) is 13.4. The molecule has 1 aromatic rings. The highest BCUT2D eigenvalue weighted by atomic mass is 16.6. The van der Waals surface area contributed by atoms with E-state index < -0.39 is 12.0 Å². The highest BCUT2D eigenvalue weighted by Crippen LogP contribution is 2.32. The number of esters is 1. The highest BCUT2D eigenvalue weighted by Gasteiger charge is 2.36. The minimum atomic E-state index is -0.677. The van der Waals surface area contributed by atoms with Crippen LogP contribution >= 0.6 is 0 Å². The summed E-state index contributed by atoms with van der Waals surface area (Å²) < 4.78 is 10.3. The van der Waals surface area contributed by atoms with E-state index in [2.05, 4.69) is 10.6 Å². The number of nitrogens with zero attached hydrogens (tertiary/aromatic N) is 1. The van der Waals surface area contributed by atoms with Gasteiger partial charge in [0.25, 0.3) is 0 Å². The molecule has 0 bridgehead atoms. The third-order valence-corrected chi connectivity index (χ3v) is 4.32. The Morgan fingerprint density at radius 2 is 2.04 bits per heavy atom. The molecule has 0 radical (unpaired) electrons. The normalized spacial score (nSPS) is 16.6. The maximum Gasteiger partial charge on any atom is 0.338 e. The van der Waals surface area contributed by atoms with Crippen molar-refractivity contribution < 1.29 is 23.9 Å². The standard InChI is InChI=1S/C20H27N3O5/c1-5-9-23-13(2)17(19(25)28-11-10-27-4)18(22-20(23)26)15-7-6-8-16(12-15)21-14(3)24/h6-8,12,18H,5,9-11H2,1-4H3,(H,21,24)(H,22,26)/t18-/m1/s1. The second kappa shape index (κ2) is 9.89. The lowest BCUT2D eigenvalue weighted by Gasteiger charge is -2.35. The lowest BCUT2D eigenvalue weighted by atomic mass is 9.94. The number of benzene rings is 1. The average molecular weight is 389 g/mol. The van der Waals surface area contributed by atoms with Crippen molar-refractivity contribution in [2.45, 2.75) is 33.2 Å². The van der Waals surface area contributed by atoms with Gasteiger partial charge in [0.05, 0.1) is 18.2 Å². The Labute approximate surface area is 164 Å². The van der Waals surface area contributed by atoms with Gasteiger partial charge in [-0.15, -0.1) is 0 Å². The second-order valence-electron chi connectivity index (χ2n) is 6.47. The number of methoxy groups -OCH3 is 1. The van der Waals surface area contributed by atoms with Gasteiger partial charge in [-0.05, 0) is 31.0 Å². The SMILES string of the molecule is CCCN1C(=O)N[C@H](c2cccc(NC(C)=O)c2)C(C(=O)OCCOC)=C1C. The van der Waals surface area contributed by atoms with E-state index in [-0.39, 0.29) is 25.2 Å². The molecular weight excluding hydrogens is 362 g/mol. The van der Waals surface area contributed by atoms with Crippen LogP contribution in [-0.4, -0.2) is 49.7 Å². The first-order valence-corrected chi connectivity index (χ1v) is 9.21. The summed E-state index contributed by atoms with van der Waals surface area (Å²) in [6, 6.07) is 6.08. The van der Waals surface area contributed by atoms with Gasteiger partial charge in [-0.2, -0.15) is 0 Å². The van der Waals surface area contributed by atoms with Crippen LogP contribution in [0.15, 0.2) is 35.5 Å². The van der Waals surface area contributed by atoms with E-state index in [4.69, 9.17) is 9.47 Å². The molecule has 0 aliphatic carbocycles. The maximum atomic E-state index is 12.8. The Balaban J connectivity index is 2.43. The third-order valence-electron chi connectivity index (χ3n) is 4.32. The number of anilines is 1. The first-order valence-electron chi connectivity index (χ1n) is 9.21. The molecule has 2 rings (SSSR count). The van der Waals surface area contributed by atoms with Crippen molar-refractivity contribution in [1.82, 2.24) is 10.2 Å². The lowest BCUT2D eigenvalue weighted by molar-refractivity contribution is -0.141. The van der Waals surface area contributed by atoms with Crippen molar-refractivity contribution in [2.75, 3.05) is 32.2 Å². The van der Waals surface area contributed by atoms with Gasteiger partial charge < -0.3 is 20.1 Å². The molecule has 28 heavy (non-hydrogen) atoms. The fourth-order valence-corrected chi connectivity index (χ4v) is 3.08. The Bertz CT molecular complexity index is 775. The summed E-state index contributed by atoms with van der Waals surface area (Å²) in [5.74, 6) is -0.713. The molecule has 0 fully saturated rings. The van der Waals surface area contributed by atoms with Gasteiger partial charge >= 0.3 is 12.0 Å². The lowest BCUT2D eigenvalue weighted by Crippen LogP contribution is -2.48. The van der Waals surface area contributed by atoms with E-state index >= 15 is 0 Å². The largest absolute Gasteiger partial charge is 0.460 e. The molecule has 1 heterocycles.